The Morgan fingerprint density at radius 3 is 2.75 bits per heavy atom. The molecule has 0 bridgehead atoms. The van der Waals surface area contributed by atoms with Gasteiger partial charge < -0.3 is 10.5 Å². The van der Waals surface area contributed by atoms with Crippen molar-refractivity contribution in [3.05, 3.63) is 35.6 Å². The van der Waals surface area contributed by atoms with E-state index in [1.54, 1.807) is 12.1 Å². The Morgan fingerprint density at radius 2 is 2.10 bits per heavy atom. The minimum Gasteiger partial charge on any atom is -0.368 e. The standard InChI is InChI=1S/C16H22FNO2/c17-14-8-4-7-13(9-14)10-15(16(18)19)20-11-12-5-2-1-3-6-12/h4,7-9,12,15H,1-3,5-6,10-11H2,(H2,18,19). The molecule has 0 saturated heterocycles. The number of hydrogen-bond donors (Lipinski definition) is 1. The van der Waals surface area contributed by atoms with Crippen molar-refractivity contribution in [2.24, 2.45) is 11.7 Å². The quantitative estimate of drug-likeness (QED) is 0.870. The smallest absolute Gasteiger partial charge is 0.246 e. The van der Waals surface area contributed by atoms with Crippen LogP contribution in [0.2, 0.25) is 0 Å². The maximum absolute atomic E-state index is 13.1. The molecule has 20 heavy (non-hydrogen) atoms. The Bertz CT molecular complexity index is 444. The Kier molecular flexibility index (Phi) is 5.53. The van der Waals surface area contributed by atoms with Gasteiger partial charge in [-0.05, 0) is 36.5 Å². The van der Waals surface area contributed by atoms with Gasteiger partial charge in [0.15, 0.2) is 0 Å². The van der Waals surface area contributed by atoms with E-state index in [1.807, 2.05) is 0 Å². The molecule has 1 aliphatic carbocycles. The second kappa shape index (κ2) is 7.39. The van der Waals surface area contributed by atoms with Crippen LogP contribution in [0.4, 0.5) is 4.39 Å². The molecule has 2 N–H and O–H groups in total. The van der Waals surface area contributed by atoms with Crippen molar-refractivity contribution in [2.45, 2.75) is 44.6 Å². The van der Waals surface area contributed by atoms with Gasteiger partial charge in [0, 0.05) is 6.42 Å². The summed E-state index contributed by atoms with van der Waals surface area (Å²) in [4.78, 5) is 11.5. The van der Waals surface area contributed by atoms with Crippen LogP contribution in [0.5, 0.6) is 0 Å². The first-order valence-electron chi connectivity index (χ1n) is 7.30. The summed E-state index contributed by atoms with van der Waals surface area (Å²) in [7, 11) is 0. The number of benzene rings is 1. The summed E-state index contributed by atoms with van der Waals surface area (Å²) in [6.07, 6.45) is 5.74. The molecule has 0 radical (unpaired) electrons. The predicted octanol–water partition coefficient (Wildman–Crippen LogP) is 2.82. The zero-order valence-corrected chi connectivity index (χ0v) is 11.7. The monoisotopic (exact) mass is 279 g/mol. The fourth-order valence-electron chi connectivity index (χ4n) is 2.73. The number of nitrogens with two attached hydrogens (primary N) is 1. The van der Waals surface area contributed by atoms with Crippen molar-refractivity contribution in [1.29, 1.82) is 0 Å². The van der Waals surface area contributed by atoms with Crippen LogP contribution in [-0.4, -0.2) is 18.6 Å². The summed E-state index contributed by atoms with van der Waals surface area (Å²) in [6.45, 7) is 0.572. The van der Waals surface area contributed by atoms with E-state index in [9.17, 15) is 9.18 Å². The molecule has 0 spiro atoms. The number of hydrogen-bond acceptors (Lipinski definition) is 2. The lowest BCUT2D eigenvalue weighted by Gasteiger charge is -2.23. The third kappa shape index (κ3) is 4.60. The Labute approximate surface area is 119 Å². The topological polar surface area (TPSA) is 52.3 Å². The molecule has 0 heterocycles. The first kappa shape index (κ1) is 15.0. The third-order valence-corrected chi connectivity index (χ3v) is 3.89. The maximum atomic E-state index is 13.1. The Morgan fingerprint density at radius 1 is 1.35 bits per heavy atom. The summed E-state index contributed by atoms with van der Waals surface area (Å²) in [6, 6.07) is 6.21. The van der Waals surface area contributed by atoms with Crippen LogP contribution in [-0.2, 0) is 16.0 Å². The van der Waals surface area contributed by atoms with E-state index >= 15 is 0 Å². The average Bonchev–Trinajstić information content (AvgIpc) is 2.44. The zero-order valence-electron chi connectivity index (χ0n) is 11.7. The molecule has 3 nitrogen and oxygen atoms in total. The fraction of sp³-hybridized carbons (Fsp3) is 0.562. The molecule has 1 atom stereocenters. The molecule has 1 aromatic rings. The van der Waals surface area contributed by atoms with E-state index in [4.69, 9.17) is 10.5 Å². The van der Waals surface area contributed by atoms with E-state index < -0.39 is 12.0 Å². The van der Waals surface area contributed by atoms with Gasteiger partial charge in [-0.15, -0.1) is 0 Å². The minimum atomic E-state index is -0.668. The highest BCUT2D eigenvalue weighted by molar-refractivity contribution is 5.79. The number of rotatable bonds is 6. The molecular weight excluding hydrogens is 257 g/mol. The van der Waals surface area contributed by atoms with Gasteiger partial charge in [0.2, 0.25) is 5.91 Å². The van der Waals surface area contributed by atoms with Crippen LogP contribution in [0, 0.1) is 11.7 Å². The second-order valence-electron chi connectivity index (χ2n) is 5.56. The largest absolute Gasteiger partial charge is 0.368 e. The SMILES string of the molecule is NC(=O)C(Cc1cccc(F)c1)OCC1CCCCC1. The summed E-state index contributed by atoms with van der Waals surface area (Å²) in [5, 5.41) is 0. The molecule has 1 aliphatic rings. The van der Waals surface area contributed by atoms with Crippen LogP contribution >= 0.6 is 0 Å². The van der Waals surface area contributed by atoms with Crippen molar-refractivity contribution in [1.82, 2.24) is 0 Å². The van der Waals surface area contributed by atoms with Gasteiger partial charge >= 0.3 is 0 Å². The van der Waals surface area contributed by atoms with Gasteiger partial charge in [-0.2, -0.15) is 0 Å². The van der Waals surface area contributed by atoms with Gasteiger partial charge in [0.25, 0.3) is 0 Å². The highest BCUT2D eigenvalue weighted by atomic mass is 19.1. The van der Waals surface area contributed by atoms with Crippen molar-refractivity contribution in [3.63, 3.8) is 0 Å². The molecule has 4 heteroatoms. The lowest BCUT2D eigenvalue weighted by molar-refractivity contribution is -0.130. The van der Waals surface area contributed by atoms with E-state index in [0.717, 1.165) is 18.4 Å². The number of carbonyl (C=O) groups is 1. The van der Waals surface area contributed by atoms with Crippen molar-refractivity contribution < 1.29 is 13.9 Å². The molecule has 1 aromatic carbocycles. The van der Waals surface area contributed by atoms with Crippen LogP contribution in [0.1, 0.15) is 37.7 Å². The van der Waals surface area contributed by atoms with E-state index in [1.165, 1.54) is 31.4 Å². The summed E-state index contributed by atoms with van der Waals surface area (Å²) in [5.74, 6) is -0.263. The summed E-state index contributed by atoms with van der Waals surface area (Å²) in [5.41, 5.74) is 6.11. The predicted molar refractivity (Wildman–Crippen MR) is 75.6 cm³/mol. The highest BCUT2D eigenvalue weighted by Gasteiger charge is 2.20. The van der Waals surface area contributed by atoms with Crippen LogP contribution in [0.15, 0.2) is 24.3 Å². The Hall–Kier alpha value is -1.42. The second-order valence-corrected chi connectivity index (χ2v) is 5.56. The van der Waals surface area contributed by atoms with Gasteiger partial charge in [0.1, 0.15) is 11.9 Å². The molecule has 1 unspecified atom stereocenters. The summed E-state index contributed by atoms with van der Waals surface area (Å²) >= 11 is 0. The van der Waals surface area contributed by atoms with Crippen molar-refractivity contribution >= 4 is 5.91 Å². The van der Waals surface area contributed by atoms with Crippen LogP contribution in [0.25, 0.3) is 0 Å². The number of carbonyl (C=O) groups excluding carboxylic acids is 1. The molecule has 1 amide bonds. The van der Waals surface area contributed by atoms with Crippen molar-refractivity contribution in [2.75, 3.05) is 6.61 Å². The lowest BCUT2D eigenvalue weighted by atomic mass is 9.90. The van der Waals surface area contributed by atoms with Crippen LogP contribution < -0.4 is 5.73 Å². The third-order valence-electron chi connectivity index (χ3n) is 3.89. The average molecular weight is 279 g/mol. The molecule has 1 saturated carbocycles. The first-order chi connectivity index (χ1) is 9.65. The van der Waals surface area contributed by atoms with Crippen LogP contribution in [0.3, 0.4) is 0 Å². The molecule has 1 fully saturated rings. The first-order valence-corrected chi connectivity index (χ1v) is 7.30. The van der Waals surface area contributed by atoms with E-state index in [-0.39, 0.29) is 5.82 Å². The summed E-state index contributed by atoms with van der Waals surface area (Å²) < 4.78 is 18.8. The molecule has 110 valence electrons. The zero-order chi connectivity index (χ0) is 14.4. The molecule has 0 aromatic heterocycles. The van der Waals surface area contributed by atoms with E-state index in [0.29, 0.717) is 18.9 Å². The lowest BCUT2D eigenvalue weighted by Crippen LogP contribution is -2.34. The molecule has 0 aliphatic heterocycles. The van der Waals surface area contributed by atoms with Crippen molar-refractivity contribution in [3.8, 4) is 0 Å². The van der Waals surface area contributed by atoms with Gasteiger partial charge in [0.05, 0.1) is 6.61 Å². The number of halogens is 1. The van der Waals surface area contributed by atoms with E-state index in [2.05, 4.69) is 0 Å². The number of primary amides is 1. The van der Waals surface area contributed by atoms with Gasteiger partial charge in [-0.1, -0.05) is 31.4 Å². The van der Waals surface area contributed by atoms with Gasteiger partial charge in [-0.3, -0.25) is 4.79 Å². The highest BCUT2D eigenvalue weighted by Crippen LogP contribution is 2.24. The minimum absolute atomic E-state index is 0.307. The molecular formula is C16H22FNO2. The maximum Gasteiger partial charge on any atom is 0.246 e. The fourth-order valence-corrected chi connectivity index (χ4v) is 2.73. The number of ether oxygens (including phenoxy) is 1. The normalized spacial score (nSPS) is 17.9. The number of amides is 1. The van der Waals surface area contributed by atoms with Gasteiger partial charge in [-0.25, -0.2) is 4.39 Å². The molecule has 2 rings (SSSR count). The Balaban J connectivity index is 1.88.